The van der Waals surface area contributed by atoms with Gasteiger partial charge in [0.05, 0.1) is 12.1 Å². The fourth-order valence-corrected chi connectivity index (χ4v) is 2.78. The first kappa shape index (κ1) is 19.4. The molecule has 0 heterocycles. The second-order valence-corrected chi connectivity index (χ2v) is 7.03. The van der Waals surface area contributed by atoms with Crippen molar-refractivity contribution >= 4 is 5.78 Å². The van der Waals surface area contributed by atoms with Gasteiger partial charge in [0.15, 0.2) is 5.78 Å². The molecule has 2 atom stereocenters. The smallest absolute Gasteiger partial charge is 0.152 e. The third kappa shape index (κ3) is 6.11. The highest BCUT2D eigenvalue weighted by Crippen LogP contribution is 2.17. The van der Waals surface area contributed by atoms with E-state index in [0.717, 1.165) is 0 Å². The van der Waals surface area contributed by atoms with Gasteiger partial charge < -0.3 is 5.11 Å². The molecule has 0 aliphatic carbocycles. The molecular formula is C22H29NO2. The first-order valence-electron chi connectivity index (χ1n) is 9.00. The molecule has 0 aliphatic heterocycles. The van der Waals surface area contributed by atoms with Crippen LogP contribution in [-0.2, 0) is 17.9 Å². The first-order chi connectivity index (χ1) is 12.0. The van der Waals surface area contributed by atoms with Crippen LogP contribution >= 0.6 is 0 Å². The predicted octanol–water partition coefficient (Wildman–Crippen LogP) is 4.05. The Bertz CT molecular complexity index is 598. The molecule has 2 aromatic rings. The SMILES string of the molecule is CC(C)[C@@H](O)CC(=O)[C@H](C)N(Cc1ccccc1)Cc1ccccc1. The number of aliphatic hydroxyl groups excluding tert-OH is 1. The van der Waals surface area contributed by atoms with Crippen LogP contribution in [0, 0.1) is 5.92 Å². The lowest BCUT2D eigenvalue weighted by atomic mass is 9.98. The lowest BCUT2D eigenvalue weighted by Crippen LogP contribution is -2.40. The molecule has 0 bridgehead atoms. The highest BCUT2D eigenvalue weighted by atomic mass is 16.3. The number of carbonyl (C=O) groups excluding carboxylic acids is 1. The normalized spacial score (nSPS) is 13.8. The molecule has 0 amide bonds. The van der Waals surface area contributed by atoms with E-state index in [1.807, 2.05) is 57.2 Å². The number of hydrogen-bond acceptors (Lipinski definition) is 3. The minimum absolute atomic E-state index is 0.0906. The zero-order valence-electron chi connectivity index (χ0n) is 15.4. The van der Waals surface area contributed by atoms with Crippen molar-refractivity contribution < 1.29 is 9.90 Å². The molecule has 25 heavy (non-hydrogen) atoms. The Hall–Kier alpha value is -1.97. The van der Waals surface area contributed by atoms with Crippen molar-refractivity contribution in [1.82, 2.24) is 4.90 Å². The number of carbonyl (C=O) groups is 1. The third-order valence-corrected chi connectivity index (χ3v) is 4.65. The van der Waals surface area contributed by atoms with Crippen LogP contribution in [0.5, 0.6) is 0 Å². The molecule has 0 saturated carbocycles. The summed E-state index contributed by atoms with van der Waals surface area (Å²) in [5.41, 5.74) is 2.37. The predicted molar refractivity (Wildman–Crippen MR) is 102 cm³/mol. The average Bonchev–Trinajstić information content (AvgIpc) is 2.62. The molecule has 0 spiro atoms. The second-order valence-electron chi connectivity index (χ2n) is 7.03. The largest absolute Gasteiger partial charge is 0.392 e. The highest BCUT2D eigenvalue weighted by molar-refractivity contribution is 5.84. The summed E-state index contributed by atoms with van der Waals surface area (Å²) in [5, 5.41) is 10.1. The van der Waals surface area contributed by atoms with Crippen molar-refractivity contribution in [2.24, 2.45) is 5.92 Å². The van der Waals surface area contributed by atoms with Gasteiger partial charge in [-0.3, -0.25) is 9.69 Å². The summed E-state index contributed by atoms with van der Waals surface area (Å²) in [7, 11) is 0. The van der Waals surface area contributed by atoms with Crippen LogP contribution in [0.2, 0.25) is 0 Å². The van der Waals surface area contributed by atoms with Gasteiger partial charge in [-0.1, -0.05) is 74.5 Å². The van der Waals surface area contributed by atoms with Gasteiger partial charge in [-0.05, 0) is 24.0 Å². The topological polar surface area (TPSA) is 40.5 Å². The Balaban J connectivity index is 2.13. The Kier molecular flexibility index (Phi) is 7.35. The monoisotopic (exact) mass is 339 g/mol. The maximum Gasteiger partial charge on any atom is 0.152 e. The number of nitrogens with zero attached hydrogens (tertiary/aromatic N) is 1. The van der Waals surface area contributed by atoms with Crippen LogP contribution in [0.4, 0.5) is 0 Å². The summed E-state index contributed by atoms with van der Waals surface area (Å²) < 4.78 is 0. The molecule has 0 fully saturated rings. The van der Waals surface area contributed by atoms with Gasteiger partial charge in [0, 0.05) is 19.5 Å². The summed E-state index contributed by atoms with van der Waals surface area (Å²) >= 11 is 0. The van der Waals surface area contributed by atoms with Crippen molar-refractivity contribution in [3.8, 4) is 0 Å². The maximum atomic E-state index is 12.7. The summed E-state index contributed by atoms with van der Waals surface area (Å²) in [4.78, 5) is 14.9. The van der Waals surface area contributed by atoms with Crippen molar-refractivity contribution in [3.05, 3.63) is 71.8 Å². The Morgan fingerprint density at radius 3 is 1.72 bits per heavy atom. The average molecular weight is 339 g/mol. The van der Waals surface area contributed by atoms with Crippen LogP contribution < -0.4 is 0 Å². The standard InChI is InChI=1S/C22H29NO2/c1-17(2)21(24)14-22(25)18(3)23(15-19-10-6-4-7-11-19)16-20-12-8-5-9-13-20/h4-13,17-18,21,24H,14-16H2,1-3H3/t18-,21-/m0/s1. The van der Waals surface area contributed by atoms with Crippen molar-refractivity contribution in [2.75, 3.05) is 0 Å². The fraction of sp³-hybridized carbons (Fsp3) is 0.409. The van der Waals surface area contributed by atoms with Crippen LogP contribution in [0.25, 0.3) is 0 Å². The Morgan fingerprint density at radius 1 is 0.880 bits per heavy atom. The second kappa shape index (κ2) is 9.50. The number of Topliss-reactive ketones (excluding diaryl/α,β-unsaturated/α-hetero) is 1. The van der Waals surface area contributed by atoms with E-state index >= 15 is 0 Å². The molecule has 0 radical (unpaired) electrons. The van der Waals surface area contributed by atoms with E-state index in [-0.39, 0.29) is 24.2 Å². The van der Waals surface area contributed by atoms with E-state index in [2.05, 4.69) is 29.2 Å². The highest BCUT2D eigenvalue weighted by Gasteiger charge is 2.24. The molecule has 0 aromatic heterocycles. The number of ketones is 1. The van der Waals surface area contributed by atoms with Gasteiger partial charge in [-0.15, -0.1) is 0 Å². The number of aliphatic hydroxyl groups is 1. The Labute approximate surface area is 151 Å². The minimum Gasteiger partial charge on any atom is -0.392 e. The van der Waals surface area contributed by atoms with Crippen molar-refractivity contribution in [2.45, 2.75) is 52.4 Å². The summed E-state index contributed by atoms with van der Waals surface area (Å²) in [5.74, 6) is 0.181. The van der Waals surface area contributed by atoms with E-state index in [9.17, 15) is 9.90 Å². The molecular weight excluding hydrogens is 310 g/mol. The van der Waals surface area contributed by atoms with Gasteiger partial charge in [0.1, 0.15) is 0 Å². The summed E-state index contributed by atoms with van der Waals surface area (Å²) in [6.45, 7) is 7.24. The quantitative estimate of drug-likeness (QED) is 0.749. The van der Waals surface area contributed by atoms with Crippen molar-refractivity contribution in [1.29, 1.82) is 0 Å². The zero-order valence-corrected chi connectivity index (χ0v) is 15.4. The molecule has 1 N–H and O–H groups in total. The van der Waals surface area contributed by atoms with E-state index < -0.39 is 6.10 Å². The summed E-state index contributed by atoms with van der Waals surface area (Å²) in [6.07, 6.45) is -0.371. The molecule has 2 rings (SSSR count). The molecule has 0 saturated heterocycles. The third-order valence-electron chi connectivity index (χ3n) is 4.65. The van der Waals surface area contributed by atoms with Gasteiger partial charge >= 0.3 is 0 Å². The molecule has 3 nitrogen and oxygen atoms in total. The summed E-state index contributed by atoms with van der Waals surface area (Å²) in [6, 6.07) is 20.2. The van der Waals surface area contributed by atoms with E-state index in [4.69, 9.17) is 0 Å². The van der Waals surface area contributed by atoms with Crippen LogP contribution in [-0.4, -0.2) is 27.9 Å². The van der Waals surface area contributed by atoms with Crippen molar-refractivity contribution in [3.63, 3.8) is 0 Å². The van der Waals surface area contributed by atoms with Gasteiger partial charge in [-0.25, -0.2) is 0 Å². The van der Waals surface area contributed by atoms with Crippen LogP contribution in [0.1, 0.15) is 38.3 Å². The molecule has 134 valence electrons. The van der Waals surface area contributed by atoms with E-state index in [1.54, 1.807) is 0 Å². The lowest BCUT2D eigenvalue weighted by Gasteiger charge is -2.29. The fourth-order valence-electron chi connectivity index (χ4n) is 2.78. The lowest BCUT2D eigenvalue weighted by molar-refractivity contribution is -0.126. The zero-order chi connectivity index (χ0) is 18.2. The van der Waals surface area contributed by atoms with Gasteiger partial charge in [0.25, 0.3) is 0 Å². The van der Waals surface area contributed by atoms with Crippen LogP contribution in [0.15, 0.2) is 60.7 Å². The molecule has 0 unspecified atom stereocenters. The molecule has 2 aromatic carbocycles. The molecule has 0 aliphatic rings. The van der Waals surface area contributed by atoms with Crippen LogP contribution in [0.3, 0.4) is 0 Å². The number of benzene rings is 2. The maximum absolute atomic E-state index is 12.7. The number of hydrogen-bond donors (Lipinski definition) is 1. The van der Waals surface area contributed by atoms with Gasteiger partial charge in [-0.2, -0.15) is 0 Å². The first-order valence-corrected chi connectivity index (χ1v) is 9.00. The Morgan fingerprint density at radius 2 is 1.32 bits per heavy atom. The van der Waals surface area contributed by atoms with E-state index in [0.29, 0.717) is 13.1 Å². The number of rotatable bonds is 9. The van der Waals surface area contributed by atoms with Gasteiger partial charge in [0.2, 0.25) is 0 Å². The van der Waals surface area contributed by atoms with E-state index in [1.165, 1.54) is 11.1 Å². The minimum atomic E-state index is -0.578. The molecule has 3 heteroatoms.